The number of carbonyl (C=O) groups excluding carboxylic acids is 2. The fraction of sp³-hybridized carbons (Fsp3) is 0.833. The number of carbonyl (C=O) groups is 2. The Kier molecular flexibility index (Phi) is 2.91. The second-order valence-electron chi connectivity index (χ2n) is 5.29. The molecule has 1 saturated carbocycles. The quantitative estimate of drug-likeness (QED) is 0.640. The van der Waals surface area contributed by atoms with Crippen molar-refractivity contribution in [2.24, 2.45) is 11.3 Å². The summed E-state index contributed by atoms with van der Waals surface area (Å²) in [5.74, 6) is 0.764. The number of hydrogen-bond acceptors (Lipinski definition) is 2. The monoisotopic (exact) mass is 224 g/mol. The van der Waals surface area contributed by atoms with Crippen molar-refractivity contribution in [2.45, 2.75) is 45.6 Å². The van der Waals surface area contributed by atoms with Gasteiger partial charge in [-0.25, -0.2) is 0 Å². The van der Waals surface area contributed by atoms with Gasteiger partial charge in [-0.2, -0.15) is 0 Å². The lowest BCUT2D eigenvalue weighted by Crippen LogP contribution is -2.45. The number of rotatable bonds is 0. The van der Waals surface area contributed by atoms with Crippen molar-refractivity contribution in [3.8, 4) is 0 Å². The Bertz CT molecular complexity index is 316. The molecule has 1 aliphatic heterocycles. The second-order valence-corrected chi connectivity index (χ2v) is 5.29. The van der Waals surface area contributed by atoms with Crippen molar-refractivity contribution in [3.63, 3.8) is 0 Å². The van der Waals surface area contributed by atoms with Crippen LogP contribution in [0.25, 0.3) is 0 Å². The zero-order chi connectivity index (χ0) is 11.8. The highest BCUT2D eigenvalue weighted by molar-refractivity contribution is 5.86. The van der Waals surface area contributed by atoms with Crippen LogP contribution in [-0.2, 0) is 9.59 Å². The van der Waals surface area contributed by atoms with Crippen molar-refractivity contribution in [1.82, 2.24) is 10.6 Å². The van der Waals surface area contributed by atoms with Crippen LogP contribution in [-0.4, -0.2) is 24.4 Å². The standard InChI is InChI=1S/C12H20N2O2/c1-8-6-12(8)5-3-4-10(15)14-9(2)7-13-11(12)16/h8-9H,3-7H2,1-2H3,(H,13,16)(H,14,15). The molecule has 4 nitrogen and oxygen atoms in total. The molecule has 0 aromatic carbocycles. The van der Waals surface area contributed by atoms with Gasteiger partial charge in [-0.05, 0) is 32.1 Å². The van der Waals surface area contributed by atoms with E-state index in [4.69, 9.17) is 0 Å². The van der Waals surface area contributed by atoms with Crippen molar-refractivity contribution in [2.75, 3.05) is 6.54 Å². The molecule has 4 heteroatoms. The third-order valence-electron chi connectivity index (χ3n) is 3.91. The highest BCUT2D eigenvalue weighted by atomic mass is 16.2. The molecule has 90 valence electrons. The van der Waals surface area contributed by atoms with Crippen molar-refractivity contribution >= 4 is 11.8 Å². The summed E-state index contributed by atoms with van der Waals surface area (Å²) in [5.41, 5.74) is -0.155. The Balaban J connectivity index is 2.03. The Labute approximate surface area is 96.2 Å². The van der Waals surface area contributed by atoms with Crippen molar-refractivity contribution in [3.05, 3.63) is 0 Å². The maximum atomic E-state index is 12.0. The van der Waals surface area contributed by atoms with Gasteiger partial charge in [0.15, 0.2) is 0 Å². The van der Waals surface area contributed by atoms with Crippen molar-refractivity contribution < 1.29 is 9.59 Å². The fourth-order valence-corrected chi connectivity index (χ4v) is 2.65. The van der Waals surface area contributed by atoms with Gasteiger partial charge >= 0.3 is 0 Å². The van der Waals surface area contributed by atoms with Gasteiger partial charge in [0, 0.05) is 19.0 Å². The van der Waals surface area contributed by atoms with Crippen LogP contribution in [0.3, 0.4) is 0 Å². The minimum atomic E-state index is -0.155. The van der Waals surface area contributed by atoms with Gasteiger partial charge in [0.05, 0.1) is 5.41 Å². The van der Waals surface area contributed by atoms with E-state index in [0.29, 0.717) is 18.9 Å². The average Bonchev–Trinajstić information content (AvgIpc) is 2.86. The molecular formula is C12H20N2O2. The van der Waals surface area contributed by atoms with Gasteiger partial charge in [0.25, 0.3) is 0 Å². The Hall–Kier alpha value is -1.06. The molecule has 2 N–H and O–H groups in total. The maximum absolute atomic E-state index is 12.0. The van der Waals surface area contributed by atoms with Crippen LogP contribution in [0.4, 0.5) is 0 Å². The molecule has 3 atom stereocenters. The summed E-state index contributed by atoms with van der Waals surface area (Å²) in [4.78, 5) is 23.5. The summed E-state index contributed by atoms with van der Waals surface area (Å²) in [5, 5.41) is 5.83. The van der Waals surface area contributed by atoms with E-state index in [1.54, 1.807) is 0 Å². The summed E-state index contributed by atoms with van der Waals surface area (Å²) in [7, 11) is 0. The third-order valence-corrected chi connectivity index (χ3v) is 3.91. The zero-order valence-electron chi connectivity index (χ0n) is 10.0. The van der Waals surface area contributed by atoms with Crippen molar-refractivity contribution in [1.29, 1.82) is 0 Å². The van der Waals surface area contributed by atoms with E-state index in [0.717, 1.165) is 19.3 Å². The molecule has 3 unspecified atom stereocenters. The molecule has 16 heavy (non-hydrogen) atoms. The van der Waals surface area contributed by atoms with Gasteiger partial charge in [-0.1, -0.05) is 6.92 Å². The van der Waals surface area contributed by atoms with Gasteiger partial charge in [0.1, 0.15) is 0 Å². The highest BCUT2D eigenvalue weighted by Crippen LogP contribution is 2.56. The molecular weight excluding hydrogens is 204 g/mol. The smallest absolute Gasteiger partial charge is 0.226 e. The van der Waals surface area contributed by atoms with Crippen LogP contribution < -0.4 is 10.6 Å². The molecule has 1 spiro atoms. The van der Waals surface area contributed by atoms with E-state index in [1.165, 1.54) is 0 Å². The molecule has 0 radical (unpaired) electrons. The summed E-state index contributed by atoms with van der Waals surface area (Å²) in [6.45, 7) is 4.58. The first-order chi connectivity index (χ1) is 7.54. The molecule has 1 aliphatic carbocycles. The SMILES string of the molecule is CC1CNC(=O)C2(CCCC(=O)N1)CC2C. The van der Waals surface area contributed by atoms with E-state index < -0.39 is 0 Å². The lowest BCUT2D eigenvalue weighted by Gasteiger charge is -2.22. The number of amides is 2. The van der Waals surface area contributed by atoms with E-state index in [9.17, 15) is 9.59 Å². The molecule has 0 bridgehead atoms. The van der Waals surface area contributed by atoms with E-state index in [2.05, 4.69) is 17.6 Å². The molecule has 2 rings (SSSR count). The predicted molar refractivity (Wildman–Crippen MR) is 60.7 cm³/mol. The fourth-order valence-electron chi connectivity index (χ4n) is 2.65. The second kappa shape index (κ2) is 4.07. The van der Waals surface area contributed by atoms with E-state index >= 15 is 0 Å². The average molecular weight is 224 g/mol. The number of nitrogens with one attached hydrogen (secondary N) is 2. The first-order valence-corrected chi connectivity index (χ1v) is 6.12. The van der Waals surface area contributed by atoms with Gasteiger partial charge < -0.3 is 10.6 Å². The minimum Gasteiger partial charge on any atom is -0.354 e. The Morgan fingerprint density at radius 1 is 1.31 bits per heavy atom. The molecule has 2 aliphatic rings. The van der Waals surface area contributed by atoms with Gasteiger partial charge in [-0.3, -0.25) is 9.59 Å². The van der Waals surface area contributed by atoms with Gasteiger partial charge in [0.2, 0.25) is 11.8 Å². The Morgan fingerprint density at radius 3 is 2.62 bits per heavy atom. The largest absolute Gasteiger partial charge is 0.354 e. The predicted octanol–water partition coefficient (Wildman–Crippen LogP) is 0.817. The van der Waals surface area contributed by atoms with Gasteiger partial charge in [-0.15, -0.1) is 0 Å². The summed E-state index contributed by atoms with van der Waals surface area (Å²) in [6.07, 6.45) is 3.19. The molecule has 0 aromatic heterocycles. The normalized spacial score (nSPS) is 40.1. The van der Waals surface area contributed by atoms with Crippen LogP contribution in [0, 0.1) is 11.3 Å². The zero-order valence-corrected chi connectivity index (χ0v) is 10.0. The van der Waals surface area contributed by atoms with Crippen LogP contribution >= 0.6 is 0 Å². The van der Waals surface area contributed by atoms with Crippen LogP contribution in [0.15, 0.2) is 0 Å². The van der Waals surface area contributed by atoms with E-state index in [-0.39, 0.29) is 23.3 Å². The lowest BCUT2D eigenvalue weighted by atomic mass is 9.94. The summed E-state index contributed by atoms with van der Waals surface area (Å²) < 4.78 is 0. The Morgan fingerprint density at radius 2 is 2.00 bits per heavy atom. The molecule has 1 heterocycles. The third kappa shape index (κ3) is 2.06. The first kappa shape index (κ1) is 11.4. The minimum absolute atomic E-state index is 0.0284. The lowest BCUT2D eigenvalue weighted by molar-refractivity contribution is -0.129. The first-order valence-electron chi connectivity index (χ1n) is 6.12. The molecule has 0 aromatic rings. The molecule has 2 amide bonds. The maximum Gasteiger partial charge on any atom is 0.226 e. The van der Waals surface area contributed by atoms with Crippen LogP contribution in [0.1, 0.15) is 39.5 Å². The summed E-state index contributed by atoms with van der Waals surface area (Å²) in [6, 6.07) is 0.0284. The van der Waals surface area contributed by atoms with E-state index in [1.807, 2.05) is 6.92 Å². The van der Waals surface area contributed by atoms with Crippen LogP contribution in [0.5, 0.6) is 0 Å². The number of hydrogen-bond donors (Lipinski definition) is 2. The topological polar surface area (TPSA) is 58.2 Å². The highest BCUT2D eigenvalue weighted by Gasteiger charge is 2.56. The summed E-state index contributed by atoms with van der Waals surface area (Å²) >= 11 is 0. The van der Waals surface area contributed by atoms with Crippen LogP contribution in [0.2, 0.25) is 0 Å². The molecule has 1 saturated heterocycles. The molecule has 2 fully saturated rings.